The Hall–Kier alpha value is -4.03. The van der Waals surface area contributed by atoms with Crippen molar-refractivity contribution < 1.29 is 23.0 Å². The van der Waals surface area contributed by atoms with Crippen LogP contribution in [0.15, 0.2) is 54.9 Å². The van der Waals surface area contributed by atoms with Gasteiger partial charge in [0.05, 0.1) is 11.4 Å². The Balaban J connectivity index is 1.15. The van der Waals surface area contributed by atoms with E-state index in [0.29, 0.717) is 46.1 Å². The Bertz CT molecular complexity index is 1560. The van der Waals surface area contributed by atoms with Crippen LogP contribution < -0.4 is 15.2 Å². The van der Waals surface area contributed by atoms with Crippen molar-refractivity contribution in [2.75, 3.05) is 13.1 Å². The number of hydrogen-bond acceptors (Lipinski definition) is 9. The number of fused-ring (bicyclic) bond motifs is 1. The molecular weight excluding hydrogens is 550 g/mol. The van der Waals surface area contributed by atoms with Gasteiger partial charge in [-0.05, 0) is 62.7 Å². The van der Waals surface area contributed by atoms with Crippen molar-refractivity contribution in [2.45, 2.75) is 39.0 Å². The predicted octanol–water partition coefficient (Wildman–Crippen LogP) is 4.92. The van der Waals surface area contributed by atoms with E-state index in [-0.39, 0.29) is 29.6 Å². The van der Waals surface area contributed by atoms with Crippen molar-refractivity contribution >= 4 is 17.2 Å². The number of nitrogens with two attached hydrogens (primary N) is 1. The number of nitrogens with zero attached hydrogens (tertiary/aromatic N) is 5. The van der Waals surface area contributed by atoms with Crippen LogP contribution in [0.3, 0.4) is 0 Å². The van der Waals surface area contributed by atoms with Crippen LogP contribution in [0.1, 0.15) is 34.8 Å². The minimum absolute atomic E-state index is 0.0420. The van der Waals surface area contributed by atoms with Gasteiger partial charge in [-0.1, -0.05) is 0 Å². The van der Waals surface area contributed by atoms with E-state index < -0.39 is 12.2 Å². The largest absolute Gasteiger partial charge is 0.474 e. The van der Waals surface area contributed by atoms with Crippen molar-refractivity contribution in [3.05, 3.63) is 71.0 Å². The molecule has 0 bridgehead atoms. The number of carbonyl (C=O) groups excluding carboxylic acids is 1. The molecule has 4 aromatic rings. The number of ether oxygens (including phenoxy) is 2. The Morgan fingerprint density at radius 1 is 1.10 bits per heavy atom. The van der Waals surface area contributed by atoms with Crippen molar-refractivity contribution in [3.63, 3.8) is 0 Å². The molecule has 3 aromatic heterocycles. The Labute approximate surface area is 239 Å². The smallest absolute Gasteiger partial charge is 0.387 e. The van der Waals surface area contributed by atoms with Crippen molar-refractivity contribution in [1.82, 2.24) is 24.8 Å². The maximum absolute atomic E-state index is 13.3. The van der Waals surface area contributed by atoms with E-state index in [9.17, 15) is 13.6 Å². The van der Waals surface area contributed by atoms with Gasteiger partial charge in [-0.2, -0.15) is 8.78 Å². The molecule has 2 aliphatic rings. The van der Waals surface area contributed by atoms with Gasteiger partial charge in [0.1, 0.15) is 16.7 Å². The van der Waals surface area contributed by atoms with Gasteiger partial charge in [0, 0.05) is 54.5 Å². The number of likely N-dealkylation sites (tertiary alicyclic amines) is 1. The zero-order chi connectivity index (χ0) is 28.9. The van der Waals surface area contributed by atoms with Crippen LogP contribution in [0.4, 0.5) is 8.78 Å². The first-order valence-corrected chi connectivity index (χ1v) is 14.0. The number of carbonyl (C=O) groups is 1. The first kappa shape index (κ1) is 27.2. The summed E-state index contributed by atoms with van der Waals surface area (Å²) in [5, 5.41) is 0.623. The zero-order valence-corrected chi connectivity index (χ0v) is 23.4. The van der Waals surface area contributed by atoms with Gasteiger partial charge >= 0.3 is 6.61 Å². The normalized spacial score (nSPS) is 19.8. The molecular formula is C29H28F2N6O3S. The number of benzene rings is 1. The van der Waals surface area contributed by atoms with Gasteiger partial charge in [0.25, 0.3) is 5.91 Å². The third kappa shape index (κ3) is 5.62. The average molecular weight is 579 g/mol. The number of thiazole rings is 1. The number of aryl methyl sites for hydroxylation is 1. The second-order valence-electron chi connectivity index (χ2n) is 10.8. The van der Waals surface area contributed by atoms with Gasteiger partial charge < -0.3 is 20.1 Å². The molecule has 0 spiro atoms. The molecule has 1 aromatic carbocycles. The fourth-order valence-corrected chi connectivity index (χ4v) is 6.07. The van der Waals surface area contributed by atoms with Crippen LogP contribution >= 0.6 is 11.3 Å². The van der Waals surface area contributed by atoms with Crippen molar-refractivity contribution in [1.29, 1.82) is 0 Å². The van der Waals surface area contributed by atoms with E-state index in [2.05, 4.69) is 19.7 Å². The summed E-state index contributed by atoms with van der Waals surface area (Å²) in [5.74, 6) is 1.37. The molecule has 0 radical (unpaired) electrons. The Kier molecular flexibility index (Phi) is 6.90. The number of hydrogen-bond donors (Lipinski definition) is 1. The van der Waals surface area contributed by atoms with E-state index in [4.69, 9.17) is 15.5 Å². The lowest BCUT2D eigenvalue weighted by Gasteiger charge is -2.22. The average Bonchev–Trinajstić information content (AvgIpc) is 3.26. The molecule has 1 saturated heterocycles. The van der Waals surface area contributed by atoms with Crippen molar-refractivity contribution in [2.24, 2.45) is 17.6 Å². The summed E-state index contributed by atoms with van der Waals surface area (Å²) in [6.45, 7) is 3.89. The number of aromatic nitrogens is 4. The SMILES string of the molecule is Cc1nc(-c2ncccn2)sc1C(=O)N1CC2C(C1)C2Oc1cc(C(C)(C)N)cc(-c2ccc(OC(F)F)cc2)n1. The molecule has 2 N–H and O–H groups in total. The summed E-state index contributed by atoms with van der Waals surface area (Å²) >= 11 is 1.31. The number of halogens is 2. The number of alkyl halides is 2. The highest BCUT2D eigenvalue weighted by Gasteiger charge is 2.59. The van der Waals surface area contributed by atoms with Crippen LogP contribution in [-0.2, 0) is 5.54 Å². The van der Waals surface area contributed by atoms with Gasteiger partial charge in [-0.3, -0.25) is 4.79 Å². The van der Waals surface area contributed by atoms with Gasteiger partial charge in [-0.15, -0.1) is 11.3 Å². The van der Waals surface area contributed by atoms with Crippen LogP contribution in [0, 0.1) is 18.8 Å². The molecule has 212 valence electrons. The van der Waals surface area contributed by atoms with E-state index >= 15 is 0 Å². The number of piperidine rings is 1. The second-order valence-corrected chi connectivity index (χ2v) is 11.8. The maximum Gasteiger partial charge on any atom is 0.387 e. The quantitative estimate of drug-likeness (QED) is 0.313. The predicted molar refractivity (Wildman–Crippen MR) is 149 cm³/mol. The van der Waals surface area contributed by atoms with Crippen LogP contribution in [0.5, 0.6) is 11.6 Å². The van der Waals surface area contributed by atoms with Gasteiger partial charge in [0.2, 0.25) is 5.88 Å². The molecule has 12 heteroatoms. The lowest BCUT2D eigenvalue weighted by atomic mass is 9.95. The molecule has 2 unspecified atom stereocenters. The topological polar surface area (TPSA) is 116 Å². The first-order chi connectivity index (χ1) is 19.6. The number of amides is 1. The molecule has 2 fully saturated rings. The summed E-state index contributed by atoms with van der Waals surface area (Å²) in [5.41, 5.74) is 8.57. The number of rotatable bonds is 8. The summed E-state index contributed by atoms with van der Waals surface area (Å²) in [6.07, 6.45) is 3.24. The Morgan fingerprint density at radius 2 is 1.78 bits per heavy atom. The minimum Gasteiger partial charge on any atom is -0.474 e. The molecule has 2 atom stereocenters. The Morgan fingerprint density at radius 3 is 2.41 bits per heavy atom. The first-order valence-electron chi connectivity index (χ1n) is 13.1. The third-order valence-electron chi connectivity index (χ3n) is 7.33. The highest BCUT2D eigenvalue weighted by atomic mass is 32.1. The molecule has 9 nitrogen and oxygen atoms in total. The van der Waals surface area contributed by atoms with Gasteiger partial charge in [-0.25, -0.2) is 19.9 Å². The maximum atomic E-state index is 13.3. The molecule has 1 amide bonds. The molecule has 1 aliphatic carbocycles. The highest BCUT2D eigenvalue weighted by Crippen LogP contribution is 2.48. The van der Waals surface area contributed by atoms with Crippen LogP contribution in [0.25, 0.3) is 22.1 Å². The fourth-order valence-electron chi connectivity index (χ4n) is 5.09. The van der Waals surface area contributed by atoms with Crippen molar-refractivity contribution in [3.8, 4) is 33.7 Å². The lowest BCUT2D eigenvalue weighted by Crippen LogP contribution is -2.33. The second kappa shape index (κ2) is 10.4. The minimum atomic E-state index is -2.89. The fraction of sp³-hybridized carbons (Fsp3) is 0.345. The monoisotopic (exact) mass is 578 g/mol. The molecule has 1 saturated carbocycles. The molecule has 4 heterocycles. The zero-order valence-electron chi connectivity index (χ0n) is 22.6. The van der Waals surface area contributed by atoms with E-state index in [1.807, 2.05) is 37.8 Å². The van der Waals surface area contributed by atoms with Gasteiger partial charge in [0.15, 0.2) is 10.8 Å². The van der Waals surface area contributed by atoms with E-state index in [0.717, 1.165) is 11.1 Å². The molecule has 6 rings (SSSR count). The highest BCUT2D eigenvalue weighted by molar-refractivity contribution is 7.17. The third-order valence-corrected chi connectivity index (χ3v) is 8.47. The summed E-state index contributed by atoms with van der Waals surface area (Å²) < 4.78 is 35.9. The van der Waals surface area contributed by atoms with Crippen LogP contribution in [0.2, 0.25) is 0 Å². The summed E-state index contributed by atoms with van der Waals surface area (Å²) in [4.78, 5) is 33.5. The van der Waals surface area contributed by atoms with E-state index in [1.165, 1.54) is 23.5 Å². The number of pyridine rings is 1. The van der Waals surface area contributed by atoms with Crippen LogP contribution in [-0.4, -0.2) is 56.5 Å². The van der Waals surface area contributed by atoms with E-state index in [1.54, 1.807) is 30.6 Å². The molecule has 1 aliphatic heterocycles. The summed E-state index contributed by atoms with van der Waals surface area (Å²) in [6, 6.07) is 11.7. The summed E-state index contributed by atoms with van der Waals surface area (Å²) in [7, 11) is 0. The molecule has 41 heavy (non-hydrogen) atoms. The standard InChI is InChI=1S/C29H28F2N6O3S/c1-15-24(41-26(35-15)25-33-9-4-10-34-25)27(38)37-13-19-20(14-37)23(19)40-22-12-17(29(2,3)32)11-21(36-22)16-5-7-18(8-6-16)39-28(30)31/h4-12,19-20,23,28H,13-14,32H2,1-3H3. The lowest BCUT2D eigenvalue weighted by molar-refractivity contribution is -0.0498.